The average Bonchev–Trinajstić information content (AvgIpc) is 2.05. The van der Waals surface area contributed by atoms with Crippen LogP contribution in [-0.2, 0) is 9.53 Å². The first-order chi connectivity index (χ1) is 5.61. The summed E-state index contributed by atoms with van der Waals surface area (Å²) in [4.78, 5) is 10.5. The van der Waals surface area contributed by atoms with Crippen molar-refractivity contribution in [2.75, 3.05) is 7.11 Å². The Bertz CT molecular complexity index is 260. The molecule has 2 nitrogen and oxygen atoms in total. The standard InChI is InChI=1S/C8H8BrFO2/c1-12-7-2-3-8(9,5-11)4-6(7)10/h2-3,5H,4H2,1H3. The highest BCUT2D eigenvalue weighted by molar-refractivity contribution is 9.10. The lowest BCUT2D eigenvalue weighted by atomic mass is 10.0. The molecular weight excluding hydrogens is 227 g/mol. The van der Waals surface area contributed by atoms with Crippen LogP contribution in [0.15, 0.2) is 23.7 Å². The zero-order valence-corrected chi connectivity index (χ0v) is 8.10. The molecule has 0 aromatic carbocycles. The van der Waals surface area contributed by atoms with Crippen molar-refractivity contribution in [2.24, 2.45) is 0 Å². The van der Waals surface area contributed by atoms with E-state index in [1.54, 1.807) is 6.08 Å². The summed E-state index contributed by atoms with van der Waals surface area (Å²) in [5, 5.41) is 0. The second kappa shape index (κ2) is 3.39. The maximum absolute atomic E-state index is 13.0. The highest BCUT2D eigenvalue weighted by atomic mass is 79.9. The maximum Gasteiger partial charge on any atom is 0.150 e. The summed E-state index contributed by atoms with van der Waals surface area (Å²) in [5.41, 5.74) is 0. The van der Waals surface area contributed by atoms with E-state index in [0.717, 1.165) is 0 Å². The molecule has 0 amide bonds. The third kappa shape index (κ3) is 1.75. The van der Waals surface area contributed by atoms with Gasteiger partial charge in [0.1, 0.15) is 22.2 Å². The fraction of sp³-hybridized carbons (Fsp3) is 0.375. The van der Waals surface area contributed by atoms with Crippen molar-refractivity contribution in [1.82, 2.24) is 0 Å². The van der Waals surface area contributed by atoms with Gasteiger partial charge in [0.2, 0.25) is 0 Å². The van der Waals surface area contributed by atoms with E-state index in [1.807, 2.05) is 0 Å². The number of hydrogen-bond donors (Lipinski definition) is 0. The second-order valence-electron chi connectivity index (χ2n) is 2.53. The molecule has 1 atom stereocenters. The number of carbonyl (C=O) groups is 1. The summed E-state index contributed by atoms with van der Waals surface area (Å²) in [6.07, 6.45) is 3.69. The largest absolute Gasteiger partial charge is 0.494 e. The van der Waals surface area contributed by atoms with Crippen LogP contribution >= 0.6 is 15.9 Å². The molecule has 0 fully saturated rings. The van der Waals surface area contributed by atoms with E-state index in [1.165, 1.54) is 13.2 Å². The summed E-state index contributed by atoms with van der Waals surface area (Å²) >= 11 is 3.11. The molecule has 12 heavy (non-hydrogen) atoms. The summed E-state index contributed by atoms with van der Waals surface area (Å²) < 4.78 is 16.9. The van der Waals surface area contributed by atoms with Gasteiger partial charge in [-0.3, -0.25) is 0 Å². The van der Waals surface area contributed by atoms with E-state index >= 15 is 0 Å². The van der Waals surface area contributed by atoms with Crippen LogP contribution in [0.5, 0.6) is 0 Å². The van der Waals surface area contributed by atoms with Crippen molar-refractivity contribution in [2.45, 2.75) is 10.7 Å². The maximum atomic E-state index is 13.0. The molecule has 0 radical (unpaired) electrons. The van der Waals surface area contributed by atoms with Gasteiger partial charge >= 0.3 is 0 Å². The minimum absolute atomic E-state index is 0.0101. The molecule has 0 saturated heterocycles. The SMILES string of the molecule is COC1=C(F)CC(Br)(C=O)C=C1. The lowest BCUT2D eigenvalue weighted by molar-refractivity contribution is -0.108. The van der Waals surface area contributed by atoms with Crippen molar-refractivity contribution in [3.8, 4) is 0 Å². The van der Waals surface area contributed by atoms with Gasteiger partial charge in [0.25, 0.3) is 0 Å². The Balaban J connectivity index is 2.88. The minimum Gasteiger partial charge on any atom is -0.494 e. The van der Waals surface area contributed by atoms with Gasteiger partial charge in [-0.2, -0.15) is 0 Å². The van der Waals surface area contributed by atoms with Gasteiger partial charge in [0.05, 0.1) is 7.11 Å². The fourth-order valence-corrected chi connectivity index (χ4v) is 1.33. The van der Waals surface area contributed by atoms with Crippen molar-refractivity contribution in [3.63, 3.8) is 0 Å². The lowest BCUT2D eigenvalue weighted by Gasteiger charge is -2.20. The minimum atomic E-state index is -0.890. The van der Waals surface area contributed by atoms with E-state index in [9.17, 15) is 9.18 Å². The van der Waals surface area contributed by atoms with Gasteiger partial charge in [-0.05, 0) is 6.08 Å². The third-order valence-electron chi connectivity index (χ3n) is 1.62. The van der Waals surface area contributed by atoms with Crippen molar-refractivity contribution in [1.29, 1.82) is 0 Å². The number of hydrogen-bond acceptors (Lipinski definition) is 2. The topological polar surface area (TPSA) is 26.3 Å². The number of allylic oxidation sites excluding steroid dienone is 3. The summed E-state index contributed by atoms with van der Waals surface area (Å²) in [6, 6.07) is 0. The van der Waals surface area contributed by atoms with Crippen LogP contribution in [0.1, 0.15) is 6.42 Å². The molecule has 1 unspecified atom stereocenters. The number of alkyl halides is 1. The molecule has 0 spiro atoms. The van der Waals surface area contributed by atoms with Gasteiger partial charge < -0.3 is 9.53 Å². The molecule has 0 aromatic heterocycles. The number of rotatable bonds is 2. The third-order valence-corrected chi connectivity index (χ3v) is 2.35. The Morgan fingerprint density at radius 1 is 1.83 bits per heavy atom. The van der Waals surface area contributed by atoms with Crippen molar-refractivity contribution in [3.05, 3.63) is 23.7 Å². The highest BCUT2D eigenvalue weighted by Gasteiger charge is 2.29. The van der Waals surface area contributed by atoms with Gasteiger partial charge in [0, 0.05) is 6.42 Å². The molecule has 0 aliphatic heterocycles. The first-order valence-corrected chi connectivity index (χ1v) is 4.18. The number of carbonyl (C=O) groups excluding carboxylic acids is 1. The first kappa shape index (κ1) is 9.45. The second-order valence-corrected chi connectivity index (χ2v) is 4.00. The Hall–Kier alpha value is -0.640. The Labute approximate surface area is 78.2 Å². The molecule has 0 N–H and O–H groups in total. The number of aldehydes is 1. The lowest BCUT2D eigenvalue weighted by Crippen LogP contribution is -2.22. The summed E-state index contributed by atoms with van der Waals surface area (Å²) in [6.45, 7) is 0. The van der Waals surface area contributed by atoms with E-state index in [4.69, 9.17) is 4.74 Å². The van der Waals surface area contributed by atoms with E-state index < -0.39 is 10.2 Å². The number of methoxy groups -OCH3 is 1. The summed E-state index contributed by atoms with van der Waals surface area (Å²) in [5.74, 6) is -0.226. The van der Waals surface area contributed by atoms with Gasteiger partial charge in [-0.25, -0.2) is 4.39 Å². The predicted octanol–water partition coefficient (Wildman–Crippen LogP) is 2.11. The molecule has 4 heteroatoms. The van der Waals surface area contributed by atoms with E-state index in [-0.39, 0.29) is 12.2 Å². The Morgan fingerprint density at radius 3 is 2.92 bits per heavy atom. The highest BCUT2D eigenvalue weighted by Crippen LogP contribution is 2.33. The molecular formula is C8H8BrFO2. The van der Waals surface area contributed by atoms with Crippen LogP contribution in [0.3, 0.4) is 0 Å². The monoisotopic (exact) mass is 234 g/mol. The Morgan fingerprint density at radius 2 is 2.50 bits per heavy atom. The number of halogens is 2. The number of ether oxygens (including phenoxy) is 1. The van der Waals surface area contributed by atoms with Crippen molar-refractivity contribution < 1.29 is 13.9 Å². The van der Waals surface area contributed by atoms with Gasteiger partial charge in [-0.1, -0.05) is 22.0 Å². The van der Waals surface area contributed by atoms with E-state index in [0.29, 0.717) is 6.29 Å². The van der Waals surface area contributed by atoms with Crippen LogP contribution in [0.2, 0.25) is 0 Å². The van der Waals surface area contributed by atoms with Crippen molar-refractivity contribution >= 4 is 22.2 Å². The predicted molar refractivity (Wildman–Crippen MR) is 46.6 cm³/mol. The molecule has 0 bridgehead atoms. The molecule has 66 valence electrons. The molecule has 0 heterocycles. The fourth-order valence-electron chi connectivity index (χ4n) is 0.948. The van der Waals surface area contributed by atoms with Crippen LogP contribution in [0, 0.1) is 0 Å². The molecule has 1 rings (SSSR count). The Kier molecular flexibility index (Phi) is 2.67. The van der Waals surface area contributed by atoms with Gasteiger partial charge in [0.15, 0.2) is 0 Å². The zero-order valence-electron chi connectivity index (χ0n) is 6.51. The van der Waals surface area contributed by atoms with Crippen LogP contribution in [-0.4, -0.2) is 17.7 Å². The van der Waals surface area contributed by atoms with Crippen LogP contribution in [0.4, 0.5) is 4.39 Å². The molecule has 1 aliphatic carbocycles. The van der Waals surface area contributed by atoms with Crippen LogP contribution < -0.4 is 0 Å². The van der Waals surface area contributed by atoms with Crippen LogP contribution in [0.25, 0.3) is 0 Å². The van der Waals surface area contributed by atoms with Gasteiger partial charge in [-0.15, -0.1) is 0 Å². The molecule has 0 aromatic rings. The smallest absolute Gasteiger partial charge is 0.150 e. The first-order valence-electron chi connectivity index (χ1n) is 3.38. The average molecular weight is 235 g/mol. The quantitative estimate of drug-likeness (QED) is 0.541. The molecule has 1 aliphatic rings. The zero-order chi connectivity index (χ0) is 9.19. The normalized spacial score (nSPS) is 28.9. The summed E-state index contributed by atoms with van der Waals surface area (Å²) in [7, 11) is 1.39. The molecule has 0 saturated carbocycles. The van der Waals surface area contributed by atoms with E-state index in [2.05, 4.69) is 15.9 Å².